The third-order valence-electron chi connectivity index (χ3n) is 2.13. The summed E-state index contributed by atoms with van der Waals surface area (Å²) >= 11 is 6.31. The number of rotatable bonds is 4. The molecule has 0 atom stereocenters. The molecule has 0 aliphatic heterocycles. The van der Waals surface area contributed by atoms with Gasteiger partial charge in [0.15, 0.2) is 0 Å². The van der Waals surface area contributed by atoms with E-state index in [0.717, 1.165) is 11.1 Å². The van der Waals surface area contributed by atoms with Gasteiger partial charge in [-0.25, -0.2) is 0 Å². The maximum absolute atomic E-state index is 11.9. The van der Waals surface area contributed by atoms with E-state index in [4.69, 9.17) is 18.0 Å². The molecule has 0 unspecified atom stereocenters. The summed E-state index contributed by atoms with van der Waals surface area (Å²) < 4.78 is 0. The van der Waals surface area contributed by atoms with E-state index in [1.54, 1.807) is 11.9 Å². The van der Waals surface area contributed by atoms with Crippen LogP contribution >= 0.6 is 23.6 Å². The number of hydrogen-bond donors (Lipinski definition) is 1. The molecule has 5 heteroatoms. The average Bonchev–Trinajstić information content (AvgIpc) is 2.59. The smallest absolute Gasteiger partial charge is 0.254 e. The maximum Gasteiger partial charge on any atom is 0.254 e. The first-order chi connectivity index (χ1) is 7.02. The van der Waals surface area contributed by atoms with E-state index in [-0.39, 0.29) is 5.91 Å². The highest BCUT2D eigenvalue weighted by Gasteiger charge is 2.14. The molecule has 15 heavy (non-hydrogen) atoms. The minimum Gasteiger partial charge on any atom is -0.393 e. The van der Waals surface area contributed by atoms with Crippen molar-refractivity contribution in [2.75, 3.05) is 13.6 Å². The van der Waals surface area contributed by atoms with Crippen LogP contribution < -0.4 is 5.73 Å². The Bertz CT molecular complexity index is 373. The summed E-state index contributed by atoms with van der Waals surface area (Å²) in [5, 5.41) is 3.84. The number of amides is 1. The Morgan fingerprint density at radius 2 is 2.27 bits per heavy atom. The van der Waals surface area contributed by atoms with Crippen LogP contribution in [-0.2, 0) is 0 Å². The van der Waals surface area contributed by atoms with Crippen LogP contribution in [0.3, 0.4) is 0 Å². The molecule has 0 radical (unpaired) electrons. The molecule has 0 saturated carbocycles. The van der Waals surface area contributed by atoms with Gasteiger partial charge in [-0.2, -0.15) is 11.3 Å². The van der Waals surface area contributed by atoms with Crippen molar-refractivity contribution in [3.8, 4) is 0 Å². The standard InChI is InChI=1S/C10H14N2OS2/c1-7-5-15-6-8(7)10(13)12(2)4-3-9(11)14/h5-6H,3-4H2,1-2H3,(H2,11,14). The molecule has 1 heterocycles. The molecule has 0 saturated heterocycles. The van der Waals surface area contributed by atoms with Crippen LogP contribution in [0.2, 0.25) is 0 Å². The van der Waals surface area contributed by atoms with E-state index >= 15 is 0 Å². The monoisotopic (exact) mass is 242 g/mol. The van der Waals surface area contributed by atoms with Crippen molar-refractivity contribution in [2.45, 2.75) is 13.3 Å². The Morgan fingerprint density at radius 3 is 2.73 bits per heavy atom. The molecule has 1 aromatic rings. The molecule has 1 amide bonds. The van der Waals surface area contributed by atoms with Crippen LogP contribution in [0.25, 0.3) is 0 Å². The maximum atomic E-state index is 11.9. The molecule has 2 N–H and O–H groups in total. The first-order valence-corrected chi connectivity index (χ1v) is 5.94. The number of nitrogens with zero attached hydrogens (tertiary/aromatic N) is 1. The number of thiocarbonyl (C=S) groups is 1. The minimum atomic E-state index is 0.0324. The summed E-state index contributed by atoms with van der Waals surface area (Å²) in [5.41, 5.74) is 7.17. The molecule has 82 valence electrons. The zero-order chi connectivity index (χ0) is 11.4. The van der Waals surface area contributed by atoms with Crippen LogP contribution in [0.4, 0.5) is 0 Å². The highest BCUT2D eigenvalue weighted by atomic mass is 32.1. The average molecular weight is 242 g/mol. The lowest BCUT2D eigenvalue weighted by molar-refractivity contribution is 0.0799. The lowest BCUT2D eigenvalue weighted by Crippen LogP contribution is -2.30. The second-order valence-electron chi connectivity index (χ2n) is 3.41. The van der Waals surface area contributed by atoms with Crippen molar-refractivity contribution in [3.05, 3.63) is 21.9 Å². The van der Waals surface area contributed by atoms with Gasteiger partial charge in [-0.05, 0) is 17.9 Å². The van der Waals surface area contributed by atoms with Crippen LogP contribution in [0.15, 0.2) is 10.8 Å². The van der Waals surface area contributed by atoms with Gasteiger partial charge in [0, 0.05) is 25.4 Å². The van der Waals surface area contributed by atoms with E-state index in [1.807, 2.05) is 17.7 Å². The molecular formula is C10H14N2OS2. The summed E-state index contributed by atoms with van der Waals surface area (Å²) in [5.74, 6) is 0.0324. The predicted molar refractivity (Wildman–Crippen MR) is 67.4 cm³/mol. The Balaban J connectivity index is 2.61. The summed E-state index contributed by atoms with van der Waals surface area (Å²) in [4.78, 5) is 14.0. The van der Waals surface area contributed by atoms with Crippen molar-refractivity contribution in [3.63, 3.8) is 0 Å². The molecule has 0 bridgehead atoms. The minimum absolute atomic E-state index is 0.0324. The van der Waals surface area contributed by atoms with Crippen molar-refractivity contribution in [1.29, 1.82) is 0 Å². The molecular weight excluding hydrogens is 228 g/mol. The van der Waals surface area contributed by atoms with Crippen molar-refractivity contribution in [1.82, 2.24) is 4.90 Å². The van der Waals surface area contributed by atoms with E-state index in [1.165, 1.54) is 11.3 Å². The van der Waals surface area contributed by atoms with E-state index in [2.05, 4.69) is 0 Å². The van der Waals surface area contributed by atoms with Gasteiger partial charge < -0.3 is 10.6 Å². The Hall–Kier alpha value is -0.940. The van der Waals surface area contributed by atoms with Gasteiger partial charge in [0.25, 0.3) is 5.91 Å². The van der Waals surface area contributed by atoms with E-state index in [9.17, 15) is 4.79 Å². The summed E-state index contributed by atoms with van der Waals surface area (Å²) in [7, 11) is 1.76. The van der Waals surface area contributed by atoms with Crippen molar-refractivity contribution >= 4 is 34.5 Å². The fourth-order valence-corrected chi connectivity index (χ4v) is 2.08. The number of carbonyl (C=O) groups is 1. The highest BCUT2D eigenvalue weighted by molar-refractivity contribution is 7.80. The SMILES string of the molecule is Cc1cscc1C(=O)N(C)CCC(N)=S. The zero-order valence-electron chi connectivity index (χ0n) is 8.82. The Labute approximate surface area is 98.9 Å². The van der Waals surface area contributed by atoms with Crippen LogP contribution in [0.5, 0.6) is 0 Å². The number of carbonyl (C=O) groups excluding carboxylic acids is 1. The van der Waals surface area contributed by atoms with Gasteiger partial charge in [0.1, 0.15) is 0 Å². The first kappa shape index (κ1) is 12.1. The second kappa shape index (κ2) is 5.23. The number of thiophene rings is 1. The first-order valence-electron chi connectivity index (χ1n) is 4.59. The summed E-state index contributed by atoms with van der Waals surface area (Å²) in [6.07, 6.45) is 0.570. The van der Waals surface area contributed by atoms with Gasteiger partial charge in [0.2, 0.25) is 0 Å². The largest absolute Gasteiger partial charge is 0.393 e. The van der Waals surface area contributed by atoms with Crippen LogP contribution in [0.1, 0.15) is 22.3 Å². The van der Waals surface area contributed by atoms with Gasteiger partial charge >= 0.3 is 0 Å². The number of hydrogen-bond acceptors (Lipinski definition) is 3. The van der Waals surface area contributed by atoms with Crippen molar-refractivity contribution < 1.29 is 4.79 Å². The van der Waals surface area contributed by atoms with Crippen LogP contribution in [0, 0.1) is 6.92 Å². The number of nitrogens with two attached hydrogens (primary N) is 1. The molecule has 0 aliphatic rings. The Morgan fingerprint density at radius 1 is 1.60 bits per heavy atom. The van der Waals surface area contributed by atoms with Gasteiger partial charge in [-0.3, -0.25) is 4.79 Å². The lowest BCUT2D eigenvalue weighted by Gasteiger charge is -2.16. The molecule has 0 aliphatic carbocycles. The quantitative estimate of drug-likeness (QED) is 0.819. The predicted octanol–water partition coefficient (Wildman–Crippen LogP) is 1.80. The lowest BCUT2D eigenvalue weighted by atomic mass is 10.2. The van der Waals surface area contributed by atoms with Crippen molar-refractivity contribution in [2.24, 2.45) is 5.73 Å². The summed E-state index contributed by atoms with van der Waals surface area (Å²) in [6, 6.07) is 0. The Kier molecular flexibility index (Phi) is 4.23. The third kappa shape index (κ3) is 3.28. The fourth-order valence-electron chi connectivity index (χ4n) is 1.16. The van der Waals surface area contributed by atoms with Gasteiger partial charge in [-0.15, -0.1) is 0 Å². The molecule has 3 nitrogen and oxygen atoms in total. The molecule has 0 fully saturated rings. The summed E-state index contributed by atoms with van der Waals surface area (Å²) in [6.45, 7) is 2.51. The highest BCUT2D eigenvalue weighted by Crippen LogP contribution is 2.15. The normalized spacial score (nSPS) is 10.0. The second-order valence-corrected chi connectivity index (χ2v) is 4.68. The fraction of sp³-hybridized carbons (Fsp3) is 0.400. The van der Waals surface area contributed by atoms with E-state index < -0.39 is 0 Å². The topological polar surface area (TPSA) is 46.3 Å². The zero-order valence-corrected chi connectivity index (χ0v) is 10.5. The molecule has 1 rings (SSSR count). The molecule has 0 aromatic carbocycles. The molecule has 1 aromatic heterocycles. The van der Waals surface area contributed by atoms with Crippen LogP contribution in [-0.4, -0.2) is 29.4 Å². The number of aryl methyl sites for hydroxylation is 1. The van der Waals surface area contributed by atoms with E-state index in [0.29, 0.717) is 18.0 Å². The van der Waals surface area contributed by atoms with Gasteiger partial charge in [-0.1, -0.05) is 12.2 Å². The third-order valence-corrected chi connectivity index (χ3v) is 3.19. The molecule has 0 spiro atoms. The van der Waals surface area contributed by atoms with Gasteiger partial charge in [0.05, 0.1) is 10.6 Å².